The highest BCUT2D eigenvalue weighted by molar-refractivity contribution is 6.08. The second-order valence-electron chi connectivity index (χ2n) is 5.16. The van der Waals surface area contributed by atoms with Crippen LogP contribution < -0.4 is 5.32 Å². The van der Waals surface area contributed by atoms with Gasteiger partial charge in [0.05, 0.1) is 5.71 Å². The van der Waals surface area contributed by atoms with Gasteiger partial charge in [0.15, 0.2) is 5.60 Å². The maximum atomic E-state index is 12.2. The van der Waals surface area contributed by atoms with Crippen molar-refractivity contribution in [3.63, 3.8) is 0 Å². The zero-order valence-electron chi connectivity index (χ0n) is 10.5. The Morgan fingerprint density at radius 3 is 2.89 bits per heavy atom. The molecule has 1 saturated carbocycles. The van der Waals surface area contributed by atoms with Gasteiger partial charge in [0, 0.05) is 17.2 Å². The number of rotatable bonds is 1. The van der Waals surface area contributed by atoms with E-state index in [4.69, 9.17) is 5.21 Å². The Labute approximate surface area is 110 Å². The number of nitrogens with one attached hydrogen (secondary N) is 1. The quantitative estimate of drug-likeness (QED) is 0.532. The summed E-state index contributed by atoms with van der Waals surface area (Å²) in [7, 11) is 0. The van der Waals surface area contributed by atoms with Crippen LogP contribution in [0.15, 0.2) is 29.4 Å². The fourth-order valence-corrected chi connectivity index (χ4v) is 3.18. The molecule has 3 N–H and O–H groups in total. The molecule has 1 aliphatic heterocycles. The lowest BCUT2D eigenvalue weighted by Gasteiger charge is -2.34. The van der Waals surface area contributed by atoms with E-state index in [9.17, 15) is 9.90 Å². The number of hydrogen-bond donors (Lipinski definition) is 3. The number of para-hydroxylation sites is 1. The van der Waals surface area contributed by atoms with Gasteiger partial charge in [-0.25, -0.2) is 0 Å². The van der Waals surface area contributed by atoms with Crippen molar-refractivity contribution in [2.24, 2.45) is 11.1 Å². The minimum atomic E-state index is -1.61. The zero-order chi connectivity index (χ0) is 13.5. The Balaban J connectivity index is 2.09. The molecule has 1 heterocycles. The van der Waals surface area contributed by atoms with Crippen LogP contribution in [-0.2, 0) is 10.4 Å². The first-order chi connectivity index (χ1) is 9.17. The number of aliphatic hydroxyl groups is 1. The van der Waals surface area contributed by atoms with Crippen LogP contribution in [0, 0.1) is 5.92 Å². The van der Waals surface area contributed by atoms with Gasteiger partial charge in [-0.15, -0.1) is 0 Å². The van der Waals surface area contributed by atoms with Crippen molar-refractivity contribution < 1.29 is 15.1 Å². The number of nitrogens with zero attached hydrogens (tertiary/aromatic N) is 1. The maximum absolute atomic E-state index is 12.2. The first-order valence-electron chi connectivity index (χ1n) is 6.52. The van der Waals surface area contributed by atoms with Crippen LogP contribution in [0.2, 0.25) is 0 Å². The fraction of sp³-hybridized carbons (Fsp3) is 0.429. The summed E-state index contributed by atoms with van der Waals surface area (Å²) in [4.78, 5) is 12.2. The summed E-state index contributed by atoms with van der Waals surface area (Å²) in [6, 6.07) is 7.12. The molecule has 3 rings (SSSR count). The number of amides is 1. The van der Waals surface area contributed by atoms with Crippen molar-refractivity contribution in [1.82, 2.24) is 0 Å². The van der Waals surface area contributed by atoms with E-state index in [1.165, 1.54) is 0 Å². The Morgan fingerprint density at radius 1 is 1.32 bits per heavy atom. The first-order valence-corrected chi connectivity index (χ1v) is 6.52. The van der Waals surface area contributed by atoms with Crippen LogP contribution in [0.5, 0.6) is 0 Å². The minimum absolute atomic E-state index is 0.429. The zero-order valence-corrected chi connectivity index (χ0v) is 10.5. The summed E-state index contributed by atoms with van der Waals surface area (Å²) in [6.45, 7) is 0. The summed E-state index contributed by atoms with van der Waals surface area (Å²) in [6.07, 6.45) is 3.12. The average Bonchev–Trinajstić information content (AvgIpc) is 2.72. The van der Waals surface area contributed by atoms with E-state index < -0.39 is 17.4 Å². The summed E-state index contributed by atoms with van der Waals surface area (Å²) in [5.41, 5.74) is 0.116. The Morgan fingerprint density at radius 2 is 2.11 bits per heavy atom. The number of carbonyl (C=O) groups is 1. The largest absolute Gasteiger partial charge is 0.411 e. The monoisotopic (exact) mass is 260 g/mol. The average molecular weight is 260 g/mol. The molecule has 0 radical (unpaired) electrons. The predicted molar refractivity (Wildman–Crippen MR) is 70.1 cm³/mol. The molecule has 0 saturated heterocycles. The van der Waals surface area contributed by atoms with Crippen molar-refractivity contribution in [1.29, 1.82) is 0 Å². The van der Waals surface area contributed by atoms with Gasteiger partial charge in [0.25, 0.3) is 5.91 Å². The molecular formula is C14H16N2O3. The molecule has 0 spiro atoms. The van der Waals surface area contributed by atoms with Crippen molar-refractivity contribution in [2.75, 3.05) is 5.32 Å². The van der Waals surface area contributed by atoms with Gasteiger partial charge in [0.1, 0.15) is 0 Å². The molecule has 1 aromatic rings. The third-order valence-corrected chi connectivity index (χ3v) is 4.14. The summed E-state index contributed by atoms with van der Waals surface area (Å²) in [5, 5.41) is 26.1. The highest BCUT2D eigenvalue weighted by atomic mass is 16.4. The van der Waals surface area contributed by atoms with E-state index in [0.29, 0.717) is 29.8 Å². The molecule has 2 aliphatic rings. The van der Waals surface area contributed by atoms with Gasteiger partial charge in [0.2, 0.25) is 0 Å². The van der Waals surface area contributed by atoms with E-state index in [-0.39, 0.29) is 0 Å². The van der Waals surface area contributed by atoms with Crippen LogP contribution in [0.4, 0.5) is 5.69 Å². The van der Waals surface area contributed by atoms with Gasteiger partial charge in [-0.2, -0.15) is 0 Å². The Hall–Kier alpha value is -1.88. The molecule has 1 fully saturated rings. The van der Waals surface area contributed by atoms with E-state index in [1.54, 1.807) is 18.2 Å². The van der Waals surface area contributed by atoms with Crippen LogP contribution in [-0.4, -0.2) is 21.9 Å². The molecule has 100 valence electrons. The highest BCUT2D eigenvalue weighted by Gasteiger charge is 2.53. The van der Waals surface area contributed by atoms with Crippen molar-refractivity contribution in [3.05, 3.63) is 29.8 Å². The fourth-order valence-electron chi connectivity index (χ4n) is 3.18. The van der Waals surface area contributed by atoms with Gasteiger partial charge in [-0.1, -0.05) is 29.8 Å². The van der Waals surface area contributed by atoms with Gasteiger partial charge in [-0.3, -0.25) is 4.79 Å². The van der Waals surface area contributed by atoms with Crippen LogP contribution >= 0.6 is 0 Å². The maximum Gasteiger partial charge on any atom is 0.261 e. The summed E-state index contributed by atoms with van der Waals surface area (Å²) in [5.74, 6) is -0.878. The molecule has 19 heavy (non-hydrogen) atoms. The number of hydrogen-bond acceptors (Lipinski definition) is 4. The Kier molecular flexibility index (Phi) is 2.78. The van der Waals surface area contributed by atoms with Crippen LogP contribution in [0.25, 0.3) is 0 Å². The smallest absolute Gasteiger partial charge is 0.261 e. The van der Waals surface area contributed by atoms with E-state index in [0.717, 1.165) is 12.8 Å². The second-order valence-corrected chi connectivity index (χ2v) is 5.16. The summed E-state index contributed by atoms with van der Waals surface area (Å²) < 4.78 is 0. The molecule has 2 unspecified atom stereocenters. The molecule has 0 bridgehead atoms. The molecule has 5 nitrogen and oxygen atoms in total. The van der Waals surface area contributed by atoms with Gasteiger partial charge >= 0.3 is 0 Å². The molecule has 1 amide bonds. The Bertz CT molecular complexity index is 555. The number of anilines is 1. The van der Waals surface area contributed by atoms with E-state index in [2.05, 4.69) is 10.5 Å². The topological polar surface area (TPSA) is 81.9 Å². The lowest BCUT2D eigenvalue weighted by molar-refractivity contribution is -0.137. The van der Waals surface area contributed by atoms with Crippen molar-refractivity contribution in [3.8, 4) is 0 Å². The molecular weight excluding hydrogens is 244 g/mol. The number of oxime groups is 1. The molecule has 5 heteroatoms. The molecule has 1 aliphatic carbocycles. The number of fused-ring (bicyclic) bond motifs is 1. The molecule has 1 aromatic carbocycles. The van der Waals surface area contributed by atoms with Gasteiger partial charge in [-0.05, 0) is 25.3 Å². The van der Waals surface area contributed by atoms with Crippen LogP contribution in [0.3, 0.4) is 0 Å². The second kappa shape index (κ2) is 4.35. The number of carbonyl (C=O) groups excluding carboxylic acids is 1. The number of benzene rings is 1. The predicted octanol–water partition coefficient (Wildman–Crippen LogP) is 1.85. The lowest BCUT2D eigenvalue weighted by Crippen LogP contribution is -2.46. The lowest BCUT2D eigenvalue weighted by atomic mass is 9.73. The minimum Gasteiger partial charge on any atom is -0.411 e. The third kappa shape index (κ3) is 1.65. The first kappa shape index (κ1) is 12.2. The van der Waals surface area contributed by atoms with E-state index >= 15 is 0 Å². The van der Waals surface area contributed by atoms with E-state index in [1.807, 2.05) is 6.07 Å². The highest BCUT2D eigenvalue weighted by Crippen LogP contribution is 2.45. The standard InChI is InChI=1S/C14H16N2O3/c17-13-14(18,9-5-1-3-7-11(9)15-13)10-6-2-4-8-12(10)16-19/h1,3,5,7,10,18-19H,2,4,6,8H2,(H,15,17). The van der Waals surface area contributed by atoms with Gasteiger partial charge < -0.3 is 15.6 Å². The van der Waals surface area contributed by atoms with Crippen molar-refractivity contribution >= 4 is 17.3 Å². The van der Waals surface area contributed by atoms with Crippen LogP contribution in [0.1, 0.15) is 31.2 Å². The normalized spacial score (nSPS) is 32.2. The molecule has 2 atom stereocenters. The third-order valence-electron chi connectivity index (χ3n) is 4.14. The molecule has 0 aromatic heterocycles. The van der Waals surface area contributed by atoms with Crippen molar-refractivity contribution in [2.45, 2.75) is 31.3 Å². The summed E-state index contributed by atoms with van der Waals surface area (Å²) >= 11 is 0. The SMILES string of the molecule is O=C1Nc2ccccc2C1(O)C1CCCCC1=NO.